The van der Waals surface area contributed by atoms with Crippen molar-refractivity contribution in [3.8, 4) is 0 Å². The van der Waals surface area contributed by atoms with E-state index in [9.17, 15) is 4.79 Å². The Morgan fingerprint density at radius 3 is 2.64 bits per heavy atom. The van der Waals surface area contributed by atoms with Crippen LogP contribution in [0.25, 0.3) is 10.2 Å². The minimum Gasteiger partial charge on any atom is -0.308 e. The van der Waals surface area contributed by atoms with Crippen LogP contribution in [0.4, 0.5) is 5.13 Å². The molecule has 1 amide bonds. The number of halogens is 1. The van der Waals surface area contributed by atoms with E-state index in [-0.39, 0.29) is 5.91 Å². The van der Waals surface area contributed by atoms with Gasteiger partial charge < -0.3 is 4.90 Å². The number of hydrogen-bond donors (Lipinski definition) is 0. The summed E-state index contributed by atoms with van der Waals surface area (Å²) in [6, 6.07) is 9.67. The number of fused-ring (bicyclic) bond motifs is 1. The minimum absolute atomic E-state index is 0.0523. The largest absolute Gasteiger partial charge is 0.308 e. The second-order valence-electron chi connectivity index (χ2n) is 5.67. The van der Waals surface area contributed by atoms with Gasteiger partial charge in [-0.2, -0.15) is 0 Å². The lowest BCUT2D eigenvalue weighted by Crippen LogP contribution is -2.36. The molecule has 3 rings (SSSR count). The van der Waals surface area contributed by atoms with Gasteiger partial charge in [0.1, 0.15) is 0 Å². The molecule has 1 aromatic carbocycles. The SMILES string of the molecule is CSc1cccc2sc(N(CCN(C)C)C(=O)c3ccc(Cl)s3)nc12. The Balaban J connectivity index is 2.00. The zero-order chi connectivity index (χ0) is 18.0. The molecule has 25 heavy (non-hydrogen) atoms. The van der Waals surface area contributed by atoms with E-state index in [1.165, 1.54) is 11.3 Å². The van der Waals surface area contributed by atoms with Crippen LogP contribution in [0.5, 0.6) is 0 Å². The maximum absolute atomic E-state index is 13.0. The molecule has 2 aromatic heterocycles. The average molecular weight is 412 g/mol. The number of carbonyl (C=O) groups is 1. The number of thiophene rings is 1. The number of amides is 1. The predicted octanol–water partition coefficient (Wildman–Crippen LogP) is 4.94. The van der Waals surface area contributed by atoms with Crippen LogP contribution in [0.2, 0.25) is 4.34 Å². The summed E-state index contributed by atoms with van der Waals surface area (Å²) in [5.74, 6) is -0.0523. The Hall–Kier alpha value is -1.12. The number of likely N-dealkylation sites (N-methyl/N-ethyl adjacent to an activating group) is 1. The molecule has 3 aromatic rings. The van der Waals surface area contributed by atoms with E-state index in [2.05, 4.69) is 11.0 Å². The third-order valence-electron chi connectivity index (χ3n) is 3.62. The number of carbonyl (C=O) groups excluding carboxylic acids is 1. The van der Waals surface area contributed by atoms with Crippen LogP contribution in [0, 0.1) is 0 Å². The Bertz CT molecular complexity index is 890. The predicted molar refractivity (Wildman–Crippen MR) is 111 cm³/mol. The number of thiazole rings is 1. The zero-order valence-electron chi connectivity index (χ0n) is 14.2. The van der Waals surface area contributed by atoms with Gasteiger partial charge in [0.2, 0.25) is 0 Å². The summed E-state index contributed by atoms with van der Waals surface area (Å²) in [7, 11) is 3.99. The first kappa shape index (κ1) is 18.7. The van der Waals surface area contributed by atoms with E-state index in [0.29, 0.717) is 15.8 Å². The number of aromatic nitrogens is 1. The Kier molecular flexibility index (Phi) is 6.01. The van der Waals surface area contributed by atoms with E-state index in [0.717, 1.165) is 26.8 Å². The molecule has 0 bridgehead atoms. The molecule has 0 N–H and O–H groups in total. The zero-order valence-corrected chi connectivity index (χ0v) is 17.4. The van der Waals surface area contributed by atoms with Gasteiger partial charge in [-0.3, -0.25) is 9.69 Å². The first-order valence-electron chi connectivity index (χ1n) is 7.65. The fourth-order valence-corrected chi connectivity index (χ4v) is 4.98. The minimum atomic E-state index is -0.0523. The average Bonchev–Trinajstić information content (AvgIpc) is 3.20. The van der Waals surface area contributed by atoms with Crippen molar-refractivity contribution in [2.75, 3.05) is 38.3 Å². The molecular weight excluding hydrogens is 394 g/mol. The molecule has 0 radical (unpaired) electrons. The van der Waals surface area contributed by atoms with Crippen molar-refractivity contribution >= 4 is 67.3 Å². The molecule has 0 aliphatic carbocycles. The second kappa shape index (κ2) is 8.05. The smallest absolute Gasteiger partial charge is 0.270 e. The number of rotatable bonds is 6. The van der Waals surface area contributed by atoms with Crippen LogP contribution in [-0.2, 0) is 0 Å². The Morgan fingerprint density at radius 2 is 2.00 bits per heavy atom. The maximum atomic E-state index is 13.0. The summed E-state index contributed by atoms with van der Waals surface area (Å²) in [6.07, 6.45) is 2.04. The van der Waals surface area contributed by atoms with Gasteiger partial charge >= 0.3 is 0 Å². The third-order valence-corrected chi connectivity index (χ3v) is 6.65. The van der Waals surface area contributed by atoms with Gasteiger partial charge in [0, 0.05) is 18.0 Å². The molecule has 132 valence electrons. The fraction of sp³-hybridized carbons (Fsp3) is 0.294. The molecule has 0 saturated carbocycles. The summed E-state index contributed by atoms with van der Waals surface area (Å²) >= 11 is 10.5. The molecule has 4 nitrogen and oxygen atoms in total. The normalized spacial score (nSPS) is 11.4. The lowest BCUT2D eigenvalue weighted by Gasteiger charge is -2.21. The topological polar surface area (TPSA) is 36.4 Å². The number of anilines is 1. The second-order valence-corrected chi connectivity index (χ2v) is 9.24. The maximum Gasteiger partial charge on any atom is 0.270 e. The van der Waals surface area contributed by atoms with E-state index >= 15 is 0 Å². The van der Waals surface area contributed by atoms with Crippen molar-refractivity contribution in [3.05, 3.63) is 39.5 Å². The Labute approximate surface area is 164 Å². The van der Waals surface area contributed by atoms with Gasteiger partial charge in [-0.15, -0.1) is 23.1 Å². The van der Waals surface area contributed by atoms with Crippen LogP contribution in [-0.4, -0.2) is 49.2 Å². The van der Waals surface area contributed by atoms with Crippen LogP contribution in [0.3, 0.4) is 0 Å². The molecule has 0 spiro atoms. The summed E-state index contributed by atoms with van der Waals surface area (Å²) in [6.45, 7) is 1.34. The third kappa shape index (κ3) is 4.17. The van der Waals surface area contributed by atoms with Gasteiger partial charge in [-0.05, 0) is 44.6 Å². The lowest BCUT2D eigenvalue weighted by atomic mass is 10.3. The van der Waals surface area contributed by atoms with Crippen molar-refractivity contribution in [3.63, 3.8) is 0 Å². The van der Waals surface area contributed by atoms with Gasteiger partial charge in [0.25, 0.3) is 5.91 Å². The Morgan fingerprint density at radius 1 is 1.20 bits per heavy atom. The lowest BCUT2D eigenvalue weighted by molar-refractivity contribution is 0.0989. The number of nitrogens with zero attached hydrogens (tertiary/aromatic N) is 3. The van der Waals surface area contributed by atoms with Gasteiger partial charge in [0.15, 0.2) is 5.13 Å². The van der Waals surface area contributed by atoms with Gasteiger partial charge in [-0.1, -0.05) is 29.0 Å². The first-order chi connectivity index (χ1) is 12.0. The van der Waals surface area contributed by atoms with Gasteiger partial charge in [-0.25, -0.2) is 4.98 Å². The van der Waals surface area contributed by atoms with Crippen molar-refractivity contribution in [2.24, 2.45) is 0 Å². The summed E-state index contributed by atoms with van der Waals surface area (Å²) in [4.78, 5) is 23.4. The summed E-state index contributed by atoms with van der Waals surface area (Å²) in [5.41, 5.74) is 0.960. The highest BCUT2D eigenvalue weighted by Gasteiger charge is 2.23. The van der Waals surface area contributed by atoms with Crippen LogP contribution >= 0.6 is 46.0 Å². The van der Waals surface area contributed by atoms with Crippen LogP contribution in [0.1, 0.15) is 9.67 Å². The number of thioether (sulfide) groups is 1. The summed E-state index contributed by atoms with van der Waals surface area (Å²) in [5, 5.41) is 0.730. The standard InChI is InChI=1S/C17H18ClN3OS3/c1-20(2)9-10-21(16(22)13-7-8-14(18)24-13)17-19-15-11(23-3)5-4-6-12(15)25-17/h4-8H,9-10H2,1-3H3. The van der Waals surface area contributed by atoms with Crippen molar-refractivity contribution in [1.29, 1.82) is 0 Å². The molecule has 0 atom stereocenters. The first-order valence-corrected chi connectivity index (χ1v) is 10.9. The van der Waals surface area contributed by atoms with E-state index in [1.54, 1.807) is 40.1 Å². The molecule has 0 aliphatic heterocycles. The molecule has 0 fully saturated rings. The molecule has 0 saturated heterocycles. The van der Waals surface area contributed by atoms with Crippen molar-refractivity contribution in [1.82, 2.24) is 9.88 Å². The highest BCUT2D eigenvalue weighted by atomic mass is 35.5. The van der Waals surface area contributed by atoms with E-state index < -0.39 is 0 Å². The molecular formula is C17H18ClN3OS3. The highest BCUT2D eigenvalue weighted by Crippen LogP contribution is 2.35. The van der Waals surface area contributed by atoms with Crippen LogP contribution in [0.15, 0.2) is 35.2 Å². The van der Waals surface area contributed by atoms with Crippen molar-refractivity contribution in [2.45, 2.75) is 4.90 Å². The number of hydrogen-bond acceptors (Lipinski definition) is 6. The van der Waals surface area contributed by atoms with Crippen molar-refractivity contribution < 1.29 is 4.79 Å². The molecule has 0 aliphatic rings. The number of para-hydroxylation sites is 1. The fourth-order valence-electron chi connectivity index (χ4n) is 2.34. The number of benzene rings is 1. The van der Waals surface area contributed by atoms with E-state index in [4.69, 9.17) is 16.6 Å². The molecule has 0 unspecified atom stereocenters. The monoisotopic (exact) mass is 411 g/mol. The molecule has 2 heterocycles. The van der Waals surface area contributed by atoms with Gasteiger partial charge in [0.05, 0.1) is 19.4 Å². The highest BCUT2D eigenvalue weighted by molar-refractivity contribution is 7.98. The van der Waals surface area contributed by atoms with E-state index in [1.807, 2.05) is 32.5 Å². The quantitative estimate of drug-likeness (QED) is 0.538. The van der Waals surface area contributed by atoms with Crippen LogP contribution < -0.4 is 4.90 Å². The molecule has 8 heteroatoms. The summed E-state index contributed by atoms with van der Waals surface area (Å²) < 4.78 is 1.71.